The smallest absolute Gasteiger partial charge is 0.226 e. The van der Waals surface area contributed by atoms with Gasteiger partial charge in [0.1, 0.15) is 0 Å². The van der Waals surface area contributed by atoms with Gasteiger partial charge in [0.25, 0.3) is 0 Å². The van der Waals surface area contributed by atoms with Crippen molar-refractivity contribution in [3.05, 3.63) is 22.4 Å². The van der Waals surface area contributed by atoms with Crippen molar-refractivity contribution >= 4 is 17.2 Å². The van der Waals surface area contributed by atoms with E-state index in [-0.39, 0.29) is 5.41 Å². The number of fused-ring (bicyclic) bond motifs is 2. The Bertz CT molecular complexity index is 680. The lowest BCUT2D eigenvalue weighted by atomic mass is 9.49. The molecule has 28 heavy (non-hydrogen) atoms. The summed E-state index contributed by atoms with van der Waals surface area (Å²) in [6, 6.07) is 6.19. The topological polar surface area (TPSA) is 32.3 Å². The molecule has 2 aliphatic heterocycles. The Morgan fingerprint density at radius 2 is 1.68 bits per heavy atom. The summed E-state index contributed by atoms with van der Waals surface area (Å²) in [7, 11) is 0. The monoisotopic (exact) mass is 398 g/mol. The van der Waals surface area contributed by atoms with E-state index in [1.807, 2.05) is 11.3 Å². The van der Waals surface area contributed by atoms with E-state index in [0.29, 0.717) is 24.0 Å². The van der Waals surface area contributed by atoms with Crippen LogP contribution in [0, 0.1) is 23.2 Å². The summed E-state index contributed by atoms with van der Waals surface area (Å²) in [5.74, 6) is 3.00. The van der Waals surface area contributed by atoms with Crippen molar-refractivity contribution in [2.24, 2.45) is 23.2 Å². The first kappa shape index (κ1) is 17.9. The number of nitrogens with one attached hydrogen (secondary N) is 1. The van der Waals surface area contributed by atoms with Crippen LogP contribution in [0.15, 0.2) is 17.5 Å². The number of thiophene rings is 1. The highest BCUT2D eigenvalue weighted by molar-refractivity contribution is 7.09. The van der Waals surface area contributed by atoms with Gasteiger partial charge >= 0.3 is 0 Å². The molecule has 7 rings (SSSR count). The number of piperidine rings is 2. The quantitative estimate of drug-likeness (QED) is 0.777. The fourth-order valence-electron chi connectivity index (χ4n) is 8.16. The second-order valence-electron chi connectivity index (χ2n) is 10.8. The first-order chi connectivity index (χ1) is 13.7. The van der Waals surface area contributed by atoms with E-state index in [2.05, 4.69) is 27.7 Å². The molecule has 1 N–H and O–H groups in total. The number of rotatable bonds is 4. The van der Waals surface area contributed by atoms with E-state index in [1.54, 1.807) is 0 Å². The van der Waals surface area contributed by atoms with Crippen molar-refractivity contribution in [3.63, 3.8) is 0 Å². The van der Waals surface area contributed by atoms with E-state index in [9.17, 15) is 4.79 Å². The molecule has 0 spiro atoms. The second-order valence-corrected chi connectivity index (χ2v) is 11.9. The van der Waals surface area contributed by atoms with Crippen LogP contribution in [-0.2, 0) is 11.3 Å². The third-order valence-corrected chi connectivity index (χ3v) is 9.76. The third kappa shape index (κ3) is 3.06. The van der Waals surface area contributed by atoms with Gasteiger partial charge in [-0.25, -0.2) is 0 Å². The van der Waals surface area contributed by atoms with E-state index >= 15 is 0 Å². The summed E-state index contributed by atoms with van der Waals surface area (Å²) < 4.78 is 0. The zero-order valence-electron chi connectivity index (χ0n) is 16.9. The molecule has 3 nitrogen and oxygen atoms in total. The molecule has 4 heteroatoms. The standard InChI is InChI=1S/C24H34N2OS/c27-23(24-12-16-7-17(13-24)9-18(8-16)14-24)25-19-10-20-3-1-4-21(11-19)26(20)15-22-5-2-6-28-22/h2,5-6,16-21H,1,3-4,7-15H2,(H,25,27)/t16?,17?,18?,20-,21-,24?/m0/s1. The highest BCUT2D eigenvalue weighted by Gasteiger charge is 2.55. The first-order valence-electron chi connectivity index (χ1n) is 11.8. The minimum Gasteiger partial charge on any atom is -0.353 e. The molecule has 152 valence electrons. The maximum Gasteiger partial charge on any atom is 0.226 e. The molecule has 1 aromatic rings. The Balaban J connectivity index is 1.14. The lowest BCUT2D eigenvalue weighted by Gasteiger charge is -2.56. The maximum absolute atomic E-state index is 13.5. The molecule has 0 aromatic carbocycles. The zero-order valence-corrected chi connectivity index (χ0v) is 17.8. The molecule has 2 saturated heterocycles. The predicted octanol–water partition coefficient (Wildman–Crippen LogP) is 4.97. The number of hydrogen-bond acceptors (Lipinski definition) is 3. The Kier molecular flexibility index (Phi) is 4.38. The Morgan fingerprint density at radius 3 is 2.25 bits per heavy atom. The van der Waals surface area contributed by atoms with Crippen LogP contribution in [0.1, 0.15) is 75.5 Å². The van der Waals surface area contributed by atoms with Crippen LogP contribution in [0.4, 0.5) is 0 Å². The van der Waals surface area contributed by atoms with Gasteiger partial charge in [-0.2, -0.15) is 0 Å². The Morgan fingerprint density at radius 1 is 1.04 bits per heavy atom. The lowest BCUT2D eigenvalue weighted by molar-refractivity contribution is -0.147. The lowest BCUT2D eigenvalue weighted by Crippen LogP contribution is -2.59. The molecule has 4 aliphatic carbocycles. The highest BCUT2D eigenvalue weighted by Crippen LogP contribution is 2.60. The summed E-state index contributed by atoms with van der Waals surface area (Å²) >= 11 is 1.89. The molecular formula is C24H34N2OS. The second kappa shape index (κ2) is 6.84. The number of amides is 1. The fourth-order valence-corrected chi connectivity index (χ4v) is 8.88. The van der Waals surface area contributed by atoms with Crippen LogP contribution in [0.25, 0.3) is 0 Å². The number of hydrogen-bond donors (Lipinski definition) is 1. The average molecular weight is 399 g/mol. The van der Waals surface area contributed by atoms with Crippen LogP contribution in [0.5, 0.6) is 0 Å². The molecule has 4 saturated carbocycles. The van der Waals surface area contributed by atoms with Crippen molar-refractivity contribution in [2.45, 2.75) is 95.3 Å². The van der Waals surface area contributed by atoms with Crippen molar-refractivity contribution < 1.29 is 4.79 Å². The molecule has 0 radical (unpaired) electrons. The molecule has 6 aliphatic rings. The Hall–Kier alpha value is -0.870. The fraction of sp³-hybridized carbons (Fsp3) is 0.792. The molecular weight excluding hydrogens is 364 g/mol. The zero-order chi connectivity index (χ0) is 18.7. The maximum atomic E-state index is 13.5. The minimum absolute atomic E-state index is 0.0119. The van der Waals surface area contributed by atoms with Crippen LogP contribution in [0.2, 0.25) is 0 Å². The third-order valence-electron chi connectivity index (χ3n) is 8.90. The van der Waals surface area contributed by atoms with Crippen molar-refractivity contribution in [2.75, 3.05) is 0 Å². The van der Waals surface area contributed by atoms with Gasteiger partial charge in [-0.1, -0.05) is 12.5 Å². The van der Waals surface area contributed by atoms with Gasteiger partial charge in [0, 0.05) is 35.0 Å². The summed E-state index contributed by atoms with van der Waals surface area (Å²) in [5.41, 5.74) is 0.0119. The predicted molar refractivity (Wildman–Crippen MR) is 113 cm³/mol. The van der Waals surface area contributed by atoms with Crippen LogP contribution in [0.3, 0.4) is 0 Å². The molecule has 1 amide bonds. The van der Waals surface area contributed by atoms with Gasteiger partial charge in [-0.15, -0.1) is 11.3 Å². The minimum atomic E-state index is 0.0119. The van der Waals surface area contributed by atoms with Crippen LogP contribution in [-0.4, -0.2) is 28.9 Å². The molecule has 6 fully saturated rings. The van der Waals surface area contributed by atoms with Crippen molar-refractivity contribution in [3.8, 4) is 0 Å². The molecule has 0 unspecified atom stereocenters. The van der Waals surface area contributed by atoms with Crippen molar-refractivity contribution in [1.82, 2.24) is 10.2 Å². The average Bonchev–Trinajstić information content (AvgIpc) is 3.14. The summed E-state index contributed by atoms with van der Waals surface area (Å²) in [5, 5.41) is 5.82. The SMILES string of the molecule is O=C(NC1C[C@@H]2CCC[C@@H](C1)N2Cc1cccs1)C12CC3CC(CC(C3)C1)C2. The molecule has 1 aromatic heterocycles. The normalized spacial score (nSPS) is 44.6. The largest absolute Gasteiger partial charge is 0.353 e. The van der Waals surface area contributed by atoms with Gasteiger partial charge in [0.05, 0.1) is 0 Å². The van der Waals surface area contributed by atoms with Gasteiger partial charge in [0.15, 0.2) is 0 Å². The summed E-state index contributed by atoms with van der Waals surface area (Å²) in [6.45, 7) is 1.11. The summed E-state index contributed by atoms with van der Waals surface area (Å²) in [6.07, 6.45) is 14.1. The van der Waals surface area contributed by atoms with Gasteiger partial charge in [-0.05, 0) is 93.4 Å². The van der Waals surface area contributed by atoms with Crippen LogP contribution >= 0.6 is 11.3 Å². The van der Waals surface area contributed by atoms with Crippen molar-refractivity contribution in [1.29, 1.82) is 0 Å². The van der Waals surface area contributed by atoms with E-state index in [0.717, 1.165) is 24.3 Å². The van der Waals surface area contributed by atoms with E-state index in [1.165, 1.54) is 75.5 Å². The summed E-state index contributed by atoms with van der Waals surface area (Å²) in [4.78, 5) is 17.8. The number of carbonyl (C=O) groups is 1. The number of nitrogens with zero attached hydrogens (tertiary/aromatic N) is 1. The van der Waals surface area contributed by atoms with Crippen LogP contribution < -0.4 is 5.32 Å². The molecule has 3 heterocycles. The van der Waals surface area contributed by atoms with Gasteiger partial charge < -0.3 is 5.32 Å². The molecule has 6 bridgehead atoms. The highest BCUT2D eigenvalue weighted by atomic mass is 32.1. The number of carbonyl (C=O) groups excluding carboxylic acids is 1. The molecule has 2 atom stereocenters. The van der Waals surface area contributed by atoms with Gasteiger partial charge in [-0.3, -0.25) is 9.69 Å². The Labute approximate surface area is 173 Å². The van der Waals surface area contributed by atoms with E-state index in [4.69, 9.17) is 0 Å². The van der Waals surface area contributed by atoms with E-state index < -0.39 is 0 Å². The van der Waals surface area contributed by atoms with Gasteiger partial charge in [0.2, 0.25) is 5.91 Å². The first-order valence-corrected chi connectivity index (χ1v) is 12.6.